The molecule has 2 fully saturated rings. The van der Waals surface area contributed by atoms with Gasteiger partial charge in [-0.25, -0.2) is 9.97 Å². The van der Waals surface area contributed by atoms with Crippen molar-refractivity contribution in [3.05, 3.63) is 34.4 Å². The van der Waals surface area contributed by atoms with Crippen LogP contribution in [0, 0.1) is 5.92 Å². The summed E-state index contributed by atoms with van der Waals surface area (Å²) in [5.41, 5.74) is 7.58. The summed E-state index contributed by atoms with van der Waals surface area (Å²) < 4.78 is 7.63. The van der Waals surface area contributed by atoms with E-state index in [0.29, 0.717) is 40.7 Å². The number of hydrogen-bond donors (Lipinski definition) is 3. The Hall–Kier alpha value is -2.62. The summed E-state index contributed by atoms with van der Waals surface area (Å²) in [7, 11) is 0. The zero-order chi connectivity index (χ0) is 24.6. The zero-order valence-corrected chi connectivity index (χ0v) is 21.1. The molecule has 1 saturated heterocycles. The van der Waals surface area contributed by atoms with Gasteiger partial charge in [0.1, 0.15) is 5.52 Å². The van der Waals surface area contributed by atoms with Crippen molar-refractivity contribution in [1.29, 1.82) is 0 Å². The Bertz CT molecular complexity index is 1210. The maximum absolute atomic E-state index is 11.7. The summed E-state index contributed by atoms with van der Waals surface area (Å²) in [4.78, 5) is 26.0. The summed E-state index contributed by atoms with van der Waals surface area (Å²) in [6, 6.07) is 5.38. The Morgan fingerprint density at radius 1 is 1.11 bits per heavy atom. The first-order valence-corrected chi connectivity index (χ1v) is 12.7. The van der Waals surface area contributed by atoms with Crippen LogP contribution in [0.25, 0.3) is 11.2 Å². The largest absolute Gasteiger partial charge is 0.381 e. The Morgan fingerprint density at radius 3 is 2.46 bits per heavy atom. The van der Waals surface area contributed by atoms with E-state index in [-0.39, 0.29) is 23.4 Å². The molecule has 9 nitrogen and oxygen atoms in total. The number of halogens is 2. The van der Waals surface area contributed by atoms with Gasteiger partial charge in [-0.3, -0.25) is 9.36 Å². The van der Waals surface area contributed by atoms with Crippen LogP contribution in [-0.2, 0) is 9.53 Å². The first kappa shape index (κ1) is 24.1. The molecule has 4 N–H and O–H groups in total. The molecule has 1 aliphatic heterocycles. The van der Waals surface area contributed by atoms with E-state index >= 15 is 0 Å². The van der Waals surface area contributed by atoms with Gasteiger partial charge >= 0.3 is 0 Å². The predicted octanol–water partition coefficient (Wildman–Crippen LogP) is 5.07. The van der Waals surface area contributed by atoms with Crippen LogP contribution >= 0.6 is 23.2 Å². The molecular formula is C24H29Cl2N7O2. The van der Waals surface area contributed by atoms with Crippen molar-refractivity contribution in [1.82, 2.24) is 19.5 Å². The number of carbonyl (C=O) groups excluding carboxylic acids is 1. The number of fused-ring (bicyclic) bond motifs is 1. The molecule has 2 aromatic heterocycles. The minimum Gasteiger partial charge on any atom is -0.381 e. The molecule has 1 amide bonds. The first-order chi connectivity index (χ1) is 16.8. The lowest BCUT2D eigenvalue weighted by atomic mass is 9.85. The SMILES string of the molecule is CC1(Nc2ncc3nc(Nc4cc(Cl)cc(Cl)c4)n(C4CCC(C(N)=O)CC4)c3n2)CCOCC1. The molecule has 11 heteroatoms. The van der Waals surface area contributed by atoms with Crippen LogP contribution in [0.2, 0.25) is 10.0 Å². The number of nitrogens with zero attached hydrogens (tertiary/aromatic N) is 4. The lowest BCUT2D eigenvalue weighted by Crippen LogP contribution is -2.41. The fraction of sp³-hybridized carbons (Fsp3) is 0.500. The molecular weight excluding hydrogens is 489 g/mol. The Morgan fingerprint density at radius 2 is 1.80 bits per heavy atom. The molecule has 1 aromatic carbocycles. The molecule has 1 aliphatic carbocycles. The van der Waals surface area contributed by atoms with Gasteiger partial charge in [0.15, 0.2) is 5.65 Å². The smallest absolute Gasteiger partial charge is 0.225 e. The number of nitrogens with two attached hydrogens (primary N) is 1. The van der Waals surface area contributed by atoms with Crippen molar-refractivity contribution in [3.8, 4) is 0 Å². The van der Waals surface area contributed by atoms with E-state index in [0.717, 1.165) is 49.9 Å². The van der Waals surface area contributed by atoms with E-state index in [9.17, 15) is 4.79 Å². The molecule has 3 heterocycles. The summed E-state index contributed by atoms with van der Waals surface area (Å²) in [6.07, 6.45) is 6.57. The maximum atomic E-state index is 11.7. The number of anilines is 3. The molecule has 2 aliphatic rings. The number of imidazole rings is 1. The third-order valence-corrected chi connectivity index (χ3v) is 7.46. The van der Waals surface area contributed by atoms with Crippen LogP contribution in [0.5, 0.6) is 0 Å². The number of rotatable bonds is 6. The Kier molecular flexibility index (Phi) is 6.74. The number of primary amides is 1. The summed E-state index contributed by atoms with van der Waals surface area (Å²) >= 11 is 12.4. The topological polar surface area (TPSA) is 120 Å². The normalized spacial score (nSPS) is 22.1. The fourth-order valence-corrected chi connectivity index (χ4v) is 5.50. The molecule has 186 valence electrons. The lowest BCUT2D eigenvalue weighted by molar-refractivity contribution is -0.122. The van der Waals surface area contributed by atoms with Gasteiger partial charge in [-0.1, -0.05) is 23.2 Å². The molecule has 35 heavy (non-hydrogen) atoms. The van der Waals surface area contributed by atoms with Gasteiger partial charge in [0.25, 0.3) is 0 Å². The fourth-order valence-electron chi connectivity index (χ4n) is 4.98. The van der Waals surface area contributed by atoms with E-state index in [1.54, 1.807) is 24.4 Å². The number of aromatic nitrogens is 4. The van der Waals surface area contributed by atoms with Gasteiger partial charge in [-0.2, -0.15) is 4.98 Å². The quantitative estimate of drug-likeness (QED) is 0.417. The number of hydrogen-bond acceptors (Lipinski definition) is 7. The van der Waals surface area contributed by atoms with Crippen molar-refractivity contribution in [2.24, 2.45) is 11.7 Å². The first-order valence-electron chi connectivity index (χ1n) is 11.9. The average molecular weight is 518 g/mol. The average Bonchev–Trinajstić information content (AvgIpc) is 3.15. The van der Waals surface area contributed by atoms with Crippen molar-refractivity contribution in [3.63, 3.8) is 0 Å². The molecule has 1 saturated carbocycles. The van der Waals surface area contributed by atoms with Crippen molar-refractivity contribution < 1.29 is 9.53 Å². The highest BCUT2D eigenvalue weighted by Gasteiger charge is 2.31. The minimum atomic E-state index is -0.232. The number of benzene rings is 1. The lowest BCUT2D eigenvalue weighted by Gasteiger charge is -2.34. The highest BCUT2D eigenvalue weighted by Crippen LogP contribution is 2.37. The van der Waals surface area contributed by atoms with Gasteiger partial charge in [0.05, 0.1) is 6.20 Å². The van der Waals surface area contributed by atoms with Gasteiger partial charge in [-0.15, -0.1) is 0 Å². The number of amides is 1. The van der Waals surface area contributed by atoms with Crippen LogP contribution in [0.1, 0.15) is 51.5 Å². The minimum absolute atomic E-state index is 0.0931. The maximum Gasteiger partial charge on any atom is 0.225 e. The molecule has 0 bridgehead atoms. The molecule has 0 unspecified atom stereocenters. The monoisotopic (exact) mass is 517 g/mol. The van der Waals surface area contributed by atoms with Crippen LogP contribution in [0.15, 0.2) is 24.4 Å². The second-order valence-electron chi connectivity index (χ2n) is 9.70. The second kappa shape index (κ2) is 9.79. The molecule has 3 aromatic rings. The second-order valence-corrected chi connectivity index (χ2v) is 10.6. The van der Waals surface area contributed by atoms with E-state index in [1.165, 1.54) is 0 Å². The Labute approximate surface area is 213 Å². The molecule has 0 radical (unpaired) electrons. The van der Waals surface area contributed by atoms with Crippen LogP contribution in [0.3, 0.4) is 0 Å². The highest BCUT2D eigenvalue weighted by molar-refractivity contribution is 6.35. The predicted molar refractivity (Wildman–Crippen MR) is 137 cm³/mol. The summed E-state index contributed by atoms with van der Waals surface area (Å²) in [6.45, 7) is 3.59. The number of nitrogens with one attached hydrogen (secondary N) is 2. The summed E-state index contributed by atoms with van der Waals surface area (Å²) in [5, 5.41) is 7.94. The molecule has 0 spiro atoms. The standard InChI is InChI=1S/C24H29Cl2N7O2/c1-24(6-8-35-9-7-24)32-22-28-13-19-21(31-22)33(18-4-2-14(3-5-18)20(27)34)23(30-19)29-17-11-15(25)10-16(26)12-17/h10-14,18H,2-9H2,1H3,(H2,27,34)(H,29,30)(H,28,31,32). The van der Waals surface area contributed by atoms with Crippen LogP contribution in [-0.4, -0.2) is 44.2 Å². The van der Waals surface area contributed by atoms with E-state index in [4.69, 9.17) is 43.6 Å². The Balaban J connectivity index is 1.52. The van der Waals surface area contributed by atoms with E-state index in [1.807, 2.05) is 0 Å². The molecule has 5 rings (SSSR count). The van der Waals surface area contributed by atoms with Crippen molar-refractivity contribution in [2.45, 2.75) is 57.0 Å². The van der Waals surface area contributed by atoms with Crippen LogP contribution in [0.4, 0.5) is 17.6 Å². The van der Waals surface area contributed by atoms with Gasteiger partial charge in [-0.05, 0) is 63.6 Å². The molecule has 0 atom stereocenters. The van der Waals surface area contributed by atoms with E-state index < -0.39 is 0 Å². The zero-order valence-electron chi connectivity index (χ0n) is 19.6. The van der Waals surface area contributed by atoms with Crippen molar-refractivity contribution in [2.75, 3.05) is 23.8 Å². The summed E-state index contributed by atoms with van der Waals surface area (Å²) in [5.74, 6) is 0.865. The van der Waals surface area contributed by atoms with Gasteiger partial charge < -0.3 is 21.1 Å². The van der Waals surface area contributed by atoms with Gasteiger partial charge in [0, 0.05) is 46.4 Å². The number of carbonyl (C=O) groups is 1. The third kappa shape index (κ3) is 5.32. The van der Waals surface area contributed by atoms with Gasteiger partial charge in [0.2, 0.25) is 17.8 Å². The third-order valence-electron chi connectivity index (χ3n) is 7.03. The highest BCUT2D eigenvalue weighted by atomic mass is 35.5. The van der Waals surface area contributed by atoms with E-state index in [2.05, 4.69) is 27.1 Å². The van der Waals surface area contributed by atoms with Crippen LogP contribution < -0.4 is 16.4 Å². The van der Waals surface area contributed by atoms with Crippen molar-refractivity contribution >= 4 is 57.9 Å². The number of ether oxygens (including phenoxy) is 1.